The van der Waals surface area contributed by atoms with E-state index in [-0.39, 0.29) is 17.9 Å². The molecule has 1 unspecified atom stereocenters. The van der Waals surface area contributed by atoms with Gasteiger partial charge < -0.3 is 11.1 Å². The van der Waals surface area contributed by atoms with Crippen molar-refractivity contribution in [1.82, 2.24) is 5.32 Å². The van der Waals surface area contributed by atoms with E-state index >= 15 is 0 Å². The number of hydrogen-bond donors (Lipinski definition) is 2. The largest absolute Gasteiger partial charge is 0.353 e. The quantitative estimate of drug-likeness (QED) is 0.817. The van der Waals surface area contributed by atoms with E-state index in [2.05, 4.69) is 12.2 Å². The van der Waals surface area contributed by atoms with Gasteiger partial charge in [-0.05, 0) is 31.2 Å². The molecule has 3 nitrogen and oxygen atoms in total. The first-order valence-electron chi connectivity index (χ1n) is 8.27. The van der Waals surface area contributed by atoms with Gasteiger partial charge in [0.2, 0.25) is 5.91 Å². The van der Waals surface area contributed by atoms with E-state index in [9.17, 15) is 4.79 Å². The molecule has 0 saturated heterocycles. The highest BCUT2D eigenvalue weighted by atomic mass is 16.1. The van der Waals surface area contributed by atoms with Crippen LogP contribution in [0.5, 0.6) is 0 Å². The van der Waals surface area contributed by atoms with Crippen LogP contribution in [0.2, 0.25) is 0 Å². The molecule has 0 heterocycles. The Kier molecular flexibility index (Phi) is 6.24. The van der Waals surface area contributed by atoms with Crippen LogP contribution in [-0.2, 0) is 4.79 Å². The third-order valence-corrected chi connectivity index (χ3v) is 4.73. The monoisotopic (exact) mass is 288 g/mol. The molecule has 0 aliphatic heterocycles. The highest BCUT2D eigenvalue weighted by molar-refractivity contribution is 5.84. The molecule has 21 heavy (non-hydrogen) atoms. The van der Waals surface area contributed by atoms with Crippen LogP contribution in [-0.4, -0.2) is 18.5 Å². The molecule has 1 aromatic rings. The summed E-state index contributed by atoms with van der Waals surface area (Å²) in [5.74, 6) is 0.450. The average molecular weight is 288 g/mol. The second-order valence-corrected chi connectivity index (χ2v) is 6.25. The smallest absolute Gasteiger partial charge is 0.229 e. The molecule has 0 bridgehead atoms. The van der Waals surface area contributed by atoms with E-state index in [0.29, 0.717) is 12.5 Å². The first-order chi connectivity index (χ1) is 10.2. The number of hydrogen-bond acceptors (Lipinski definition) is 2. The van der Waals surface area contributed by atoms with Crippen LogP contribution in [0.1, 0.15) is 56.9 Å². The van der Waals surface area contributed by atoms with Gasteiger partial charge in [-0.3, -0.25) is 4.79 Å². The number of nitrogens with one attached hydrogen (secondary N) is 1. The van der Waals surface area contributed by atoms with Gasteiger partial charge in [0.25, 0.3) is 0 Å². The first kappa shape index (κ1) is 16.0. The van der Waals surface area contributed by atoms with E-state index in [4.69, 9.17) is 5.73 Å². The lowest BCUT2D eigenvalue weighted by molar-refractivity contribution is -0.123. The number of carbonyl (C=O) groups is 1. The lowest BCUT2D eigenvalue weighted by Gasteiger charge is -2.26. The van der Waals surface area contributed by atoms with E-state index in [1.54, 1.807) is 0 Å². The van der Waals surface area contributed by atoms with Gasteiger partial charge in [-0.1, -0.05) is 56.0 Å². The lowest BCUT2D eigenvalue weighted by atomic mass is 9.91. The molecular weight excluding hydrogens is 260 g/mol. The van der Waals surface area contributed by atoms with E-state index in [0.717, 1.165) is 5.56 Å². The molecular formula is C18H28N2O. The molecule has 116 valence electrons. The Morgan fingerprint density at radius 3 is 2.38 bits per heavy atom. The maximum atomic E-state index is 12.5. The molecule has 2 rings (SSSR count). The molecule has 3 N–H and O–H groups in total. The number of benzene rings is 1. The standard InChI is InChI=1S/C18H28N2O/c1-14(15-9-5-2-3-6-10-15)20-18(21)17(13-19)16-11-7-4-8-12-16/h4,7-8,11-12,14-15,17H,2-3,5-6,9-10,13,19H2,1H3,(H,20,21)/t14-,17?/m0/s1. The second kappa shape index (κ2) is 8.18. The number of carbonyl (C=O) groups excluding carboxylic acids is 1. The van der Waals surface area contributed by atoms with Gasteiger partial charge in [-0.25, -0.2) is 0 Å². The predicted octanol–water partition coefficient (Wildman–Crippen LogP) is 3.20. The van der Waals surface area contributed by atoms with Crippen LogP contribution in [0.15, 0.2) is 30.3 Å². The fourth-order valence-corrected chi connectivity index (χ4v) is 3.33. The summed E-state index contributed by atoms with van der Waals surface area (Å²) in [6.07, 6.45) is 7.74. The molecule has 1 aliphatic carbocycles. The normalized spacial score (nSPS) is 19.5. The zero-order chi connectivity index (χ0) is 15.1. The highest BCUT2D eigenvalue weighted by Crippen LogP contribution is 2.26. The fourth-order valence-electron chi connectivity index (χ4n) is 3.33. The van der Waals surface area contributed by atoms with Crippen LogP contribution >= 0.6 is 0 Å². The summed E-state index contributed by atoms with van der Waals surface area (Å²) in [7, 11) is 0. The van der Waals surface area contributed by atoms with Crippen molar-refractivity contribution in [3.63, 3.8) is 0 Å². The Morgan fingerprint density at radius 2 is 1.81 bits per heavy atom. The van der Waals surface area contributed by atoms with Gasteiger partial charge in [-0.15, -0.1) is 0 Å². The second-order valence-electron chi connectivity index (χ2n) is 6.25. The SMILES string of the molecule is C[C@H](NC(=O)C(CN)c1ccccc1)C1CCCCCC1. The van der Waals surface area contributed by atoms with Crippen molar-refractivity contribution in [3.05, 3.63) is 35.9 Å². The maximum absolute atomic E-state index is 12.5. The van der Waals surface area contributed by atoms with Crippen molar-refractivity contribution in [3.8, 4) is 0 Å². The van der Waals surface area contributed by atoms with Gasteiger partial charge >= 0.3 is 0 Å². The first-order valence-corrected chi connectivity index (χ1v) is 8.27. The molecule has 0 radical (unpaired) electrons. The molecule has 1 fully saturated rings. The molecule has 3 heteroatoms. The zero-order valence-electron chi connectivity index (χ0n) is 13.1. The summed E-state index contributed by atoms with van der Waals surface area (Å²) in [5, 5.41) is 3.21. The lowest BCUT2D eigenvalue weighted by Crippen LogP contribution is -2.42. The molecule has 2 atom stereocenters. The van der Waals surface area contributed by atoms with Crippen LogP contribution < -0.4 is 11.1 Å². The third-order valence-electron chi connectivity index (χ3n) is 4.73. The van der Waals surface area contributed by atoms with Crippen LogP contribution in [0.25, 0.3) is 0 Å². The van der Waals surface area contributed by atoms with Crippen LogP contribution in [0, 0.1) is 5.92 Å². The van der Waals surface area contributed by atoms with Crippen LogP contribution in [0.3, 0.4) is 0 Å². The highest BCUT2D eigenvalue weighted by Gasteiger charge is 2.24. The van der Waals surface area contributed by atoms with Gasteiger partial charge in [0, 0.05) is 12.6 Å². The molecule has 0 aromatic heterocycles. The minimum absolute atomic E-state index is 0.0699. The zero-order valence-corrected chi connectivity index (χ0v) is 13.1. The summed E-state index contributed by atoms with van der Waals surface area (Å²) in [5.41, 5.74) is 6.83. The molecule has 1 amide bonds. The summed E-state index contributed by atoms with van der Waals surface area (Å²) in [4.78, 5) is 12.5. The van der Waals surface area contributed by atoms with Crippen molar-refractivity contribution in [1.29, 1.82) is 0 Å². The minimum Gasteiger partial charge on any atom is -0.353 e. The summed E-state index contributed by atoms with van der Waals surface area (Å²) < 4.78 is 0. The Bertz CT molecular complexity index is 424. The maximum Gasteiger partial charge on any atom is 0.229 e. The number of nitrogens with two attached hydrogens (primary N) is 1. The van der Waals surface area contributed by atoms with Crippen molar-refractivity contribution in [2.24, 2.45) is 11.7 Å². The minimum atomic E-state index is -0.237. The number of rotatable bonds is 5. The Morgan fingerprint density at radius 1 is 1.19 bits per heavy atom. The third kappa shape index (κ3) is 4.57. The van der Waals surface area contributed by atoms with Gasteiger partial charge in [0.15, 0.2) is 0 Å². The fraction of sp³-hybridized carbons (Fsp3) is 0.611. The summed E-state index contributed by atoms with van der Waals surface area (Å²) in [6, 6.07) is 10.1. The van der Waals surface area contributed by atoms with Gasteiger partial charge in [0.05, 0.1) is 5.92 Å². The number of amides is 1. The molecule has 0 spiro atoms. The van der Waals surface area contributed by atoms with E-state index in [1.807, 2.05) is 30.3 Å². The Hall–Kier alpha value is -1.35. The summed E-state index contributed by atoms with van der Waals surface area (Å²) >= 11 is 0. The van der Waals surface area contributed by atoms with Crippen molar-refractivity contribution in [2.45, 2.75) is 57.4 Å². The summed E-state index contributed by atoms with van der Waals surface area (Å²) in [6.45, 7) is 2.50. The molecule has 1 aromatic carbocycles. The topological polar surface area (TPSA) is 55.1 Å². The van der Waals surface area contributed by atoms with Gasteiger partial charge in [0.1, 0.15) is 0 Å². The van der Waals surface area contributed by atoms with Crippen molar-refractivity contribution in [2.75, 3.05) is 6.54 Å². The van der Waals surface area contributed by atoms with Crippen molar-refractivity contribution < 1.29 is 4.79 Å². The van der Waals surface area contributed by atoms with Crippen molar-refractivity contribution >= 4 is 5.91 Å². The van der Waals surface area contributed by atoms with Crippen LogP contribution in [0.4, 0.5) is 0 Å². The Balaban J connectivity index is 1.95. The molecule has 1 saturated carbocycles. The predicted molar refractivity (Wildman–Crippen MR) is 87.0 cm³/mol. The van der Waals surface area contributed by atoms with E-state index < -0.39 is 0 Å². The van der Waals surface area contributed by atoms with Gasteiger partial charge in [-0.2, -0.15) is 0 Å². The van der Waals surface area contributed by atoms with E-state index in [1.165, 1.54) is 38.5 Å². The molecule has 1 aliphatic rings. The Labute approximate surface area is 128 Å². The average Bonchev–Trinajstić information content (AvgIpc) is 2.78.